The van der Waals surface area contributed by atoms with Crippen LogP contribution in [0.5, 0.6) is 5.75 Å². The van der Waals surface area contributed by atoms with Gasteiger partial charge in [-0.25, -0.2) is 4.79 Å². The summed E-state index contributed by atoms with van der Waals surface area (Å²) in [6.07, 6.45) is 1.62. The third-order valence-corrected chi connectivity index (χ3v) is 6.11. The molecule has 0 bridgehead atoms. The first kappa shape index (κ1) is 23.1. The summed E-state index contributed by atoms with van der Waals surface area (Å²) in [4.78, 5) is 38.1. The van der Waals surface area contributed by atoms with Crippen molar-refractivity contribution >= 4 is 50.9 Å². The SMILES string of the molecule is CCOC(=O)[C@@H](C)N1C(=O)S/C(=C/c2ccc(OCc3ccc(C)cc3)c(Br)c2)C1=O. The molecule has 0 N–H and O–H groups in total. The van der Waals surface area contributed by atoms with E-state index >= 15 is 0 Å². The van der Waals surface area contributed by atoms with Crippen LogP contribution in [-0.2, 0) is 20.9 Å². The fraction of sp³-hybridized carbons (Fsp3) is 0.261. The van der Waals surface area contributed by atoms with Crippen molar-refractivity contribution in [2.24, 2.45) is 0 Å². The third kappa shape index (κ3) is 5.57. The van der Waals surface area contributed by atoms with Crippen LogP contribution >= 0.6 is 27.7 Å². The first-order chi connectivity index (χ1) is 14.8. The van der Waals surface area contributed by atoms with Gasteiger partial charge in [-0.2, -0.15) is 0 Å². The Morgan fingerprint density at radius 3 is 2.55 bits per heavy atom. The molecule has 1 atom stereocenters. The molecular formula is C23H22BrNO5S. The Bertz CT molecular complexity index is 1030. The molecule has 3 rings (SSSR count). The molecule has 162 valence electrons. The van der Waals surface area contributed by atoms with Gasteiger partial charge < -0.3 is 9.47 Å². The lowest BCUT2D eigenvalue weighted by atomic mass is 10.1. The molecule has 31 heavy (non-hydrogen) atoms. The van der Waals surface area contributed by atoms with Gasteiger partial charge in [-0.3, -0.25) is 14.5 Å². The number of aryl methyl sites for hydroxylation is 1. The molecule has 8 heteroatoms. The van der Waals surface area contributed by atoms with Crippen LogP contribution in [0.4, 0.5) is 4.79 Å². The van der Waals surface area contributed by atoms with Gasteiger partial charge in [0.05, 0.1) is 16.0 Å². The van der Waals surface area contributed by atoms with E-state index in [4.69, 9.17) is 9.47 Å². The number of benzene rings is 2. The zero-order valence-corrected chi connectivity index (χ0v) is 19.8. The maximum atomic E-state index is 12.7. The lowest BCUT2D eigenvalue weighted by Crippen LogP contribution is -2.42. The molecule has 0 aliphatic carbocycles. The molecule has 2 aromatic rings. The van der Waals surface area contributed by atoms with Crippen LogP contribution in [-0.4, -0.2) is 34.7 Å². The smallest absolute Gasteiger partial charge is 0.329 e. The molecule has 0 radical (unpaired) electrons. The summed E-state index contributed by atoms with van der Waals surface area (Å²) in [7, 11) is 0. The van der Waals surface area contributed by atoms with Gasteiger partial charge in [0.1, 0.15) is 18.4 Å². The number of ether oxygens (including phenoxy) is 2. The van der Waals surface area contributed by atoms with E-state index in [-0.39, 0.29) is 11.5 Å². The van der Waals surface area contributed by atoms with Gasteiger partial charge in [0.15, 0.2) is 0 Å². The van der Waals surface area contributed by atoms with Gasteiger partial charge in [-0.05, 0) is 77.8 Å². The topological polar surface area (TPSA) is 72.9 Å². The number of carbonyl (C=O) groups is 3. The molecule has 2 amide bonds. The predicted octanol–water partition coefficient (Wildman–Crippen LogP) is 5.32. The molecule has 0 aromatic heterocycles. The Morgan fingerprint density at radius 1 is 1.19 bits per heavy atom. The van der Waals surface area contributed by atoms with Crippen LogP contribution in [0.25, 0.3) is 6.08 Å². The highest BCUT2D eigenvalue weighted by Gasteiger charge is 2.41. The molecule has 0 unspecified atom stereocenters. The minimum absolute atomic E-state index is 0.182. The van der Waals surface area contributed by atoms with Crippen molar-refractivity contribution in [3.8, 4) is 5.75 Å². The van der Waals surface area contributed by atoms with Crippen molar-refractivity contribution in [3.63, 3.8) is 0 Å². The third-order valence-electron chi connectivity index (χ3n) is 4.61. The number of thioether (sulfide) groups is 1. The monoisotopic (exact) mass is 503 g/mol. The van der Waals surface area contributed by atoms with Gasteiger partial charge in [-0.1, -0.05) is 35.9 Å². The fourth-order valence-corrected chi connectivity index (χ4v) is 4.32. The summed E-state index contributed by atoms with van der Waals surface area (Å²) in [5.41, 5.74) is 2.98. The van der Waals surface area contributed by atoms with Crippen molar-refractivity contribution in [2.45, 2.75) is 33.4 Å². The number of imide groups is 1. The largest absolute Gasteiger partial charge is 0.488 e. The van der Waals surface area contributed by atoms with E-state index in [9.17, 15) is 14.4 Å². The van der Waals surface area contributed by atoms with Crippen LogP contribution in [0.1, 0.15) is 30.5 Å². The maximum Gasteiger partial charge on any atom is 0.329 e. The average Bonchev–Trinajstić information content (AvgIpc) is 3.01. The first-order valence-corrected chi connectivity index (χ1v) is 11.3. The van der Waals surface area contributed by atoms with Crippen LogP contribution in [0.15, 0.2) is 51.8 Å². The zero-order chi connectivity index (χ0) is 22.5. The van der Waals surface area contributed by atoms with E-state index in [0.717, 1.165) is 32.3 Å². The molecule has 1 aliphatic heterocycles. The normalized spacial score (nSPS) is 16.0. The highest BCUT2D eigenvalue weighted by molar-refractivity contribution is 9.10. The fourth-order valence-electron chi connectivity index (χ4n) is 2.90. The summed E-state index contributed by atoms with van der Waals surface area (Å²) in [6.45, 7) is 5.80. The molecule has 1 heterocycles. The standard InChI is InChI=1S/C23H22BrNO5S/c1-4-29-22(27)15(3)25-21(26)20(31-23(25)28)12-17-9-10-19(18(24)11-17)30-13-16-7-5-14(2)6-8-16/h5-12,15H,4,13H2,1-3H3/b20-12+/t15-/m1/s1. The van der Waals surface area contributed by atoms with E-state index in [1.54, 1.807) is 25.1 Å². The second kappa shape index (κ2) is 10.2. The van der Waals surface area contributed by atoms with Crippen LogP contribution in [0.2, 0.25) is 0 Å². The summed E-state index contributed by atoms with van der Waals surface area (Å²) in [6, 6.07) is 12.6. The number of esters is 1. The van der Waals surface area contributed by atoms with Crippen molar-refractivity contribution in [1.29, 1.82) is 0 Å². The predicted molar refractivity (Wildman–Crippen MR) is 124 cm³/mol. The van der Waals surface area contributed by atoms with Gasteiger partial charge in [-0.15, -0.1) is 0 Å². The number of rotatable bonds is 7. The summed E-state index contributed by atoms with van der Waals surface area (Å²) < 4.78 is 11.5. The molecule has 1 saturated heterocycles. The van der Waals surface area contributed by atoms with E-state index in [1.165, 1.54) is 12.5 Å². The number of halogens is 1. The van der Waals surface area contributed by atoms with Crippen LogP contribution in [0.3, 0.4) is 0 Å². The molecule has 2 aromatic carbocycles. The number of carbonyl (C=O) groups excluding carboxylic acids is 3. The van der Waals surface area contributed by atoms with Crippen molar-refractivity contribution in [1.82, 2.24) is 4.90 Å². The van der Waals surface area contributed by atoms with Crippen molar-refractivity contribution < 1.29 is 23.9 Å². The van der Waals surface area contributed by atoms with Gasteiger partial charge >= 0.3 is 5.97 Å². The summed E-state index contributed by atoms with van der Waals surface area (Å²) >= 11 is 4.30. The van der Waals surface area contributed by atoms with E-state index in [0.29, 0.717) is 12.4 Å². The first-order valence-electron chi connectivity index (χ1n) is 9.71. The average molecular weight is 504 g/mol. The van der Waals surface area contributed by atoms with E-state index in [2.05, 4.69) is 15.9 Å². The molecule has 6 nitrogen and oxygen atoms in total. The Morgan fingerprint density at radius 2 is 1.90 bits per heavy atom. The molecular weight excluding hydrogens is 482 g/mol. The second-order valence-electron chi connectivity index (χ2n) is 6.94. The van der Waals surface area contributed by atoms with E-state index < -0.39 is 23.2 Å². The molecule has 0 saturated carbocycles. The minimum Gasteiger partial charge on any atom is -0.488 e. The number of hydrogen-bond acceptors (Lipinski definition) is 6. The van der Waals surface area contributed by atoms with Crippen molar-refractivity contribution in [3.05, 3.63) is 68.5 Å². The van der Waals surface area contributed by atoms with E-state index in [1.807, 2.05) is 37.3 Å². The Kier molecular flexibility index (Phi) is 7.56. The Balaban J connectivity index is 1.71. The summed E-state index contributed by atoms with van der Waals surface area (Å²) in [5, 5.41) is -0.492. The van der Waals surface area contributed by atoms with Crippen molar-refractivity contribution in [2.75, 3.05) is 6.61 Å². The quantitative estimate of drug-likeness (QED) is 0.375. The maximum absolute atomic E-state index is 12.7. The molecule has 1 fully saturated rings. The molecule has 1 aliphatic rings. The van der Waals surface area contributed by atoms with Crippen LogP contribution in [0, 0.1) is 6.92 Å². The molecule has 0 spiro atoms. The highest BCUT2D eigenvalue weighted by atomic mass is 79.9. The number of hydrogen-bond donors (Lipinski definition) is 0. The second-order valence-corrected chi connectivity index (χ2v) is 8.79. The number of amides is 2. The zero-order valence-electron chi connectivity index (χ0n) is 17.4. The Hall–Kier alpha value is -2.58. The minimum atomic E-state index is -0.970. The summed E-state index contributed by atoms with van der Waals surface area (Å²) in [5.74, 6) is -0.447. The highest BCUT2D eigenvalue weighted by Crippen LogP contribution is 2.35. The van der Waals surface area contributed by atoms with Gasteiger partial charge in [0.2, 0.25) is 0 Å². The van der Waals surface area contributed by atoms with Crippen LogP contribution < -0.4 is 4.74 Å². The number of nitrogens with zero attached hydrogens (tertiary/aromatic N) is 1. The van der Waals surface area contributed by atoms with Gasteiger partial charge in [0, 0.05) is 0 Å². The lowest BCUT2D eigenvalue weighted by molar-refractivity contribution is -0.150. The Labute approximate surface area is 193 Å². The van der Waals surface area contributed by atoms with Gasteiger partial charge in [0.25, 0.3) is 11.1 Å². The lowest BCUT2D eigenvalue weighted by Gasteiger charge is -2.19.